The standard InChI is InChI=1S/C19H27NO2/c1-6-20(18(21)22-19(3,4)5)14(2)16-13-9-11-15-10-7-8-12-17(15)16/h8-9,11-14H,6-7,10H2,1-5H3/t14-/m1/s1. The Hall–Kier alpha value is -1.77. The van der Waals surface area contributed by atoms with Crippen LogP contribution in [0.5, 0.6) is 0 Å². The topological polar surface area (TPSA) is 29.5 Å². The van der Waals surface area contributed by atoms with Crippen LogP contribution in [0.3, 0.4) is 0 Å². The van der Waals surface area contributed by atoms with Gasteiger partial charge in [-0.3, -0.25) is 0 Å². The molecule has 0 radical (unpaired) electrons. The molecule has 3 heteroatoms. The van der Waals surface area contributed by atoms with E-state index in [9.17, 15) is 4.79 Å². The van der Waals surface area contributed by atoms with Crippen molar-refractivity contribution < 1.29 is 9.53 Å². The third kappa shape index (κ3) is 3.70. The molecule has 3 nitrogen and oxygen atoms in total. The lowest BCUT2D eigenvalue weighted by atomic mass is 9.90. The van der Waals surface area contributed by atoms with Crippen LogP contribution in [0, 0.1) is 0 Å². The summed E-state index contributed by atoms with van der Waals surface area (Å²) in [6.07, 6.45) is 6.31. The summed E-state index contributed by atoms with van der Waals surface area (Å²) in [5.41, 5.74) is 3.36. The van der Waals surface area contributed by atoms with Crippen LogP contribution in [0.4, 0.5) is 4.79 Å². The Labute approximate surface area is 134 Å². The highest BCUT2D eigenvalue weighted by atomic mass is 16.6. The lowest BCUT2D eigenvalue weighted by Crippen LogP contribution is -2.38. The fraction of sp³-hybridized carbons (Fsp3) is 0.526. The average Bonchev–Trinajstić information content (AvgIpc) is 2.45. The molecule has 1 aliphatic carbocycles. The second kappa shape index (κ2) is 6.55. The maximum absolute atomic E-state index is 12.5. The van der Waals surface area contributed by atoms with Crippen molar-refractivity contribution in [2.24, 2.45) is 0 Å². The first kappa shape index (κ1) is 16.6. The van der Waals surface area contributed by atoms with Crippen LogP contribution in [0.15, 0.2) is 24.3 Å². The van der Waals surface area contributed by atoms with Crippen molar-refractivity contribution in [2.75, 3.05) is 6.54 Å². The van der Waals surface area contributed by atoms with E-state index in [1.807, 2.05) is 27.7 Å². The van der Waals surface area contributed by atoms with Crippen LogP contribution >= 0.6 is 0 Å². The molecular weight excluding hydrogens is 274 g/mol. The number of hydrogen-bond donors (Lipinski definition) is 0. The van der Waals surface area contributed by atoms with Crippen molar-refractivity contribution in [1.82, 2.24) is 4.90 Å². The summed E-state index contributed by atoms with van der Waals surface area (Å²) in [6.45, 7) is 10.4. The van der Waals surface area contributed by atoms with Gasteiger partial charge in [0.1, 0.15) is 5.60 Å². The van der Waals surface area contributed by atoms with Crippen LogP contribution in [0.2, 0.25) is 0 Å². The molecule has 1 aromatic rings. The highest BCUT2D eigenvalue weighted by Gasteiger charge is 2.27. The summed E-state index contributed by atoms with van der Waals surface area (Å²) in [6, 6.07) is 6.38. The average molecular weight is 301 g/mol. The van der Waals surface area contributed by atoms with Gasteiger partial charge >= 0.3 is 6.09 Å². The summed E-state index contributed by atoms with van der Waals surface area (Å²) >= 11 is 0. The van der Waals surface area contributed by atoms with Gasteiger partial charge in [0.05, 0.1) is 6.04 Å². The number of rotatable bonds is 3. The number of ether oxygens (including phenoxy) is 1. The van der Waals surface area contributed by atoms with E-state index in [1.54, 1.807) is 4.90 Å². The Morgan fingerprint density at radius 1 is 1.36 bits per heavy atom. The molecular formula is C19H27NO2. The third-order valence-corrected chi connectivity index (χ3v) is 3.98. The SMILES string of the molecule is CCN(C(=O)OC(C)(C)C)[C@H](C)c1cccc2c1C=CCC2. The number of hydrogen-bond acceptors (Lipinski definition) is 2. The molecule has 0 N–H and O–H groups in total. The molecule has 1 aromatic carbocycles. The quantitative estimate of drug-likeness (QED) is 0.789. The Bertz CT molecular complexity index is 569. The van der Waals surface area contributed by atoms with E-state index < -0.39 is 5.60 Å². The number of carbonyl (C=O) groups excluding carboxylic acids is 1. The summed E-state index contributed by atoms with van der Waals surface area (Å²) in [5, 5.41) is 0. The first-order chi connectivity index (χ1) is 10.3. The van der Waals surface area contributed by atoms with Crippen molar-refractivity contribution in [1.29, 1.82) is 0 Å². The van der Waals surface area contributed by atoms with Gasteiger partial charge in [0.2, 0.25) is 0 Å². The summed E-state index contributed by atoms with van der Waals surface area (Å²) in [7, 11) is 0. The molecule has 0 spiro atoms. The normalized spacial score (nSPS) is 15.1. The molecule has 0 bridgehead atoms. The van der Waals surface area contributed by atoms with Gasteiger partial charge in [-0.25, -0.2) is 4.79 Å². The van der Waals surface area contributed by atoms with E-state index in [1.165, 1.54) is 16.7 Å². The molecule has 0 fully saturated rings. The molecule has 0 aliphatic heterocycles. The van der Waals surface area contributed by atoms with E-state index in [2.05, 4.69) is 37.3 Å². The highest BCUT2D eigenvalue weighted by molar-refractivity contribution is 5.70. The molecule has 0 saturated carbocycles. The molecule has 2 rings (SSSR count). The third-order valence-electron chi connectivity index (χ3n) is 3.98. The Balaban J connectivity index is 2.28. The maximum atomic E-state index is 12.5. The van der Waals surface area contributed by atoms with Gasteiger partial charge in [-0.15, -0.1) is 0 Å². The van der Waals surface area contributed by atoms with Gasteiger partial charge in [0, 0.05) is 6.54 Å². The molecule has 1 atom stereocenters. The summed E-state index contributed by atoms with van der Waals surface area (Å²) in [5.74, 6) is 0. The predicted octanol–water partition coefficient (Wildman–Crippen LogP) is 4.96. The first-order valence-electron chi connectivity index (χ1n) is 8.11. The zero-order valence-corrected chi connectivity index (χ0v) is 14.3. The van der Waals surface area contributed by atoms with Gasteiger partial charge in [0.15, 0.2) is 0 Å². The minimum atomic E-state index is -0.472. The number of fused-ring (bicyclic) bond motifs is 1. The fourth-order valence-corrected chi connectivity index (χ4v) is 2.91. The number of benzene rings is 1. The van der Waals surface area contributed by atoms with Gasteiger partial charge in [-0.2, -0.15) is 0 Å². The largest absolute Gasteiger partial charge is 0.444 e. The van der Waals surface area contributed by atoms with E-state index in [0.29, 0.717) is 6.54 Å². The van der Waals surface area contributed by atoms with Gasteiger partial charge in [0.25, 0.3) is 0 Å². The lowest BCUT2D eigenvalue weighted by Gasteiger charge is -2.32. The van der Waals surface area contributed by atoms with Crippen LogP contribution < -0.4 is 0 Å². The molecule has 0 unspecified atom stereocenters. The van der Waals surface area contributed by atoms with E-state index in [-0.39, 0.29) is 12.1 Å². The molecule has 120 valence electrons. The Morgan fingerprint density at radius 3 is 2.73 bits per heavy atom. The van der Waals surface area contributed by atoms with Crippen molar-refractivity contribution >= 4 is 12.2 Å². The highest BCUT2D eigenvalue weighted by Crippen LogP contribution is 2.30. The van der Waals surface area contributed by atoms with Crippen LogP contribution in [-0.4, -0.2) is 23.1 Å². The van der Waals surface area contributed by atoms with Crippen LogP contribution in [0.1, 0.15) is 63.8 Å². The second-order valence-corrected chi connectivity index (χ2v) is 6.80. The number of nitrogens with zero attached hydrogens (tertiary/aromatic N) is 1. The van der Waals surface area contributed by atoms with Crippen molar-refractivity contribution in [3.8, 4) is 0 Å². The molecule has 1 amide bonds. The number of carbonyl (C=O) groups is 1. The lowest BCUT2D eigenvalue weighted by molar-refractivity contribution is 0.0186. The summed E-state index contributed by atoms with van der Waals surface area (Å²) < 4.78 is 5.55. The Morgan fingerprint density at radius 2 is 2.09 bits per heavy atom. The summed E-state index contributed by atoms with van der Waals surface area (Å²) in [4.78, 5) is 14.3. The zero-order chi connectivity index (χ0) is 16.3. The Kier molecular flexibility index (Phi) is 4.94. The minimum Gasteiger partial charge on any atom is -0.444 e. The number of allylic oxidation sites excluding steroid dienone is 1. The maximum Gasteiger partial charge on any atom is 0.410 e. The van der Waals surface area contributed by atoms with E-state index in [0.717, 1.165) is 12.8 Å². The zero-order valence-electron chi connectivity index (χ0n) is 14.3. The van der Waals surface area contributed by atoms with E-state index >= 15 is 0 Å². The fourth-order valence-electron chi connectivity index (χ4n) is 2.91. The van der Waals surface area contributed by atoms with Crippen LogP contribution in [0.25, 0.3) is 6.08 Å². The van der Waals surface area contributed by atoms with Gasteiger partial charge in [-0.05, 0) is 64.2 Å². The van der Waals surface area contributed by atoms with Gasteiger partial charge in [-0.1, -0.05) is 30.4 Å². The molecule has 0 aromatic heterocycles. The molecule has 0 saturated heterocycles. The monoisotopic (exact) mass is 301 g/mol. The predicted molar refractivity (Wildman–Crippen MR) is 90.8 cm³/mol. The van der Waals surface area contributed by atoms with Crippen molar-refractivity contribution in [3.05, 3.63) is 41.0 Å². The van der Waals surface area contributed by atoms with Crippen molar-refractivity contribution in [2.45, 2.75) is 59.1 Å². The second-order valence-electron chi connectivity index (χ2n) is 6.80. The van der Waals surface area contributed by atoms with Gasteiger partial charge < -0.3 is 9.64 Å². The number of amides is 1. The van der Waals surface area contributed by atoms with Crippen molar-refractivity contribution in [3.63, 3.8) is 0 Å². The molecule has 22 heavy (non-hydrogen) atoms. The molecule has 1 aliphatic rings. The minimum absolute atomic E-state index is 0.00227. The number of aryl methyl sites for hydroxylation is 1. The smallest absolute Gasteiger partial charge is 0.410 e. The van der Waals surface area contributed by atoms with Crippen LogP contribution in [-0.2, 0) is 11.2 Å². The molecule has 0 heterocycles. The first-order valence-corrected chi connectivity index (χ1v) is 8.11. The van der Waals surface area contributed by atoms with E-state index in [4.69, 9.17) is 4.74 Å².